The van der Waals surface area contributed by atoms with Gasteiger partial charge in [-0.2, -0.15) is 9.78 Å². The molecule has 19 heavy (non-hydrogen) atoms. The van der Waals surface area contributed by atoms with E-state index >= 15 is 0 Å². The van der Waals surface area contributed by atoms with Crippen LogP contribution in [-0.2, 0) is 4.74 Å². The van der Waals surface area contributed by atoms with E-state index in [2.05, 4.69) is 9.84 Å². The van der Waals surface area contributed by atoms with E-state index in [-0.39, 0.29) is 10.7 Å². The molecule has 98 valence electrons. The topological polar surface area (TPSA) is 61.2 Å². The second kappa shape index (κ2) is 5.24. The van der Waals surface area contributed by atoms with Gasteiger partial charge in [-0.05, 0) is 18.6 Å². The molecule has 5 nitrogen and oxygen atoms in total. The van der Waals surface area contributed by atoms with Gasteiger partial charge in [-0.15, -0.1) is 0 Å². The zero-order chi connectivity index (χ0) is 14.0. The molecule has 0 aliphatic rings. The van der Waals surface area contributed by atoms with E-state index in [4.69, 9.17) is 11.6 Å². The molecular formula is C13H11ClN2O3. The second-order valence-corrected chi connectivity index (χ2v) is 4.28. The predicted octanol–water partition coefficient (Wildman–Crippen LogP) is 1.98. The van der Waals surface area contributed by atoms with Crippen molar-refractivity contribution in [1.29, 1.82) is 0 Å². The van der Waals surface area contributed by atoms with Crippen molar-refractivity contribution < 1.29 is 9.53 Å². The third kappa shape index (κ3) is 2.51. The number of carbonyl (C=O) groups excluding carboxylic acids is 1. The molecule has 6 heteroatoms. The smallest absolute Gasteiger partial charge is 0.360 e. The maximum Gasteiger partial charge on any atom is 0.360 e. The quantitative estimate of drug-likeness (QED) is 0.788. The van der Waals surface area contributed by atoms with Crippen LogP contribution in [0.25, 0.3) is 5.69 Å². The maximum atomic E-state index is 11.9. The number of esters is 1. The number of aromatic nitrogens is 2. The summed E-state index contributed by atoms with van der Waals surface area (Å²) in [6.45, 7) is 1.84. The number of benzene rings is 1. The van der Waals surface area contributed by atoms with Gasteiger partial charge in [-0.1, -0.05) is 29.8 Å². The number of para-hydroxylation sites is 1. The van der Waals surface area contributed by atoms with E-state index in [0.717, 1.165) is 16.3 Å². The van der Waals surface area contributed by atoms with Crippen molar-refractivity contribution in [2.75, 3.05) is 7.11 Å². The Morgan fingerprint density at radius 1 is 1.37 bits per heavy atom. The van der Waals surface area contributed by atoms with Crippen LogP contribution in [0.4, 0.5) is 0 Å². The number of rotatable bonds is 2. The van der Waals surface area contributed by atoms with Crippen molar-refractivity contribution in [3.05, 3.63) is 57.0 Å². The maximum absolute atomic E-state index is 11.9. The van der Waals surface area contributed by atoms with Crippen molar-refractivity contribution >= 4 is 17.6 Å². The fraction of sp³-hybridized carbons (Fsp3) is 0.154. The van der Waals surface area contributed by atoms with Crippen LogP contribution in [0.5, 0.6) is 0 Å². The van der Waals surface area contributed by atoms with Gasteiger partial charge < -0.3 is 4.74 Å². The van der Waals surface area contributed by atoms with Crippen LogP contribution in [0.1, 0.15) is 16.1 Å². The summed E-state index contributed by atoms with van der Waals surface area (Å²) < 4.78 is 5.71. The van der Waals surface area contributed by atoms with Crippen LogP contribution in [0.3, 0.4) is 0 Å². The Bertz CT molecular complexity index is 695. The molecule has 2 rings (SSSR count). The number of hydrogen-bond acceptors (Lipinski definition) is 4. The van der Waals surface area contributed by atoms with Gasteiger partial charge in [0.25, 0.3) is 5.56 Å². The molecule has 0 spiro atoms. The van der Waals surface area contributed by atoms with Gasteiger partial charge in [0.15, 0.2) is 5.69 Å². The lowest BCUT2D eigenvalue weighted by atomic mass is 10.2. The summed E-state index contributed by atoms with van der Waals surface area (Å²) in [6.07, 6.45) is 0. The molecule has 0 N–H and O–H groups in total. The first kappa shape index (κ1) is 13.3. The Labute approximate surface area is 114 Å². The van der Waals surface area contributed by atoms with E-state index in [0.29, 0.717) is 5.69 Å². The van der Waals surface area contributed by atoms with Crippen LogP contribution >= 0.6 is 11.6 Å². The second-order valence-electron chi connectivity index (χ2n) is 3.87. The lowest BCUT2D eigenvalue weighted by Gasteiger charge is -2.09. The molecule has 0 fully saturated rings. The Morgan fingerprint density at radius 3 is 2.68 bits per heavy atom. The molecule has 0 bridgehead atoms. The summed E-state index contributed by atoms with van der Waals surface area (Å²) in [5.41, 5.74) is 0.948. The minimum atomic E-state index is -0.688. The number of methoxy groups -OCH3 is 1. The first-order chi connectivity index (χ1) is 9.04. The van der Waals surface area contributed by atoms with Gasteiger partial charge in [0.05, 0.1) is 17.8 Å². The first-order valence-electron chi connectivity index (χ1n) is 5.49. The van der Waals surface area contributed by atoms with Crippen LogP contribution in [0.2, 0.25) is 5.02 Å². The summed E-state index contributed by atoms with van der Waals surface area (Å²) in [6, 6.07) is 8.35. The highest BCUT2D eigenvalue weighted by Gasteiger charge is 2.16. The summed E-state index contributed by atoms with van der Waals surface area (Å²) in [4.78, 5) is 23.4. The average Bonchev–Trinajstić information content (AvgIpc) is 2.39. The highest BCUT2D eigenvalue weighted by molar-refractivity contribution is 6.33. The molecule has 0 aliphatic heterocycles. The molecule has 1 aromatic heterocycles. The molecule has 0 radical (unpaired) electrons. The molecule has 0 amide bonds. The number of aryl methyl sites for hydroxylation is 1. The summed E-state index contributed by atoms with van der Waals surface area (Å²) in [5, 5.41) is 3.95. The van der Waals surface area contributed by atoms with Gasteiger partial charge in [0.2, 0.25) is 0 Å². The van der Waals surface area contributed by atoms with E-state index in [1.165, 1.54) is 7.11 Å². The highest BCUT2D eigenvalue weighted by Crippen LogP contribution is 2.15. The van der Waals surface area contributed by atoms with Crippen LogP contribution in [-0.4, -0.2) is 22.9 Å². The van der Waals surface area contributed by atoms with Gasteiger partial charge in [-0.3, -0.25) is 4.79 Å². The standard InChI is InChI=1S/C13H11ClN2O3/c1-8-5-3-4-6-10(8)16-11(17)7-9(14)12(15-16)13(18)19-2/h3-7H,1-2H3. The molecule has 0 unspecified atom stereocenters. The Morgan fingerprint density at radius 2 is 2.05 bits per heavy atom. The zero-order valence-electron chi connectivity index (χ0n) is 10.4. The highest BCUT2D eigenvalue weighted by atomic mass is 35.5. The minimum Gasteiger partial charge on any atom is -0.464 e. The van der Waals surface area contributed by atoms with Crippen molar-refractivity contribution in [2.45, 2.75) is 6.92 Å². The molecule has 0 atom stereocenters. The SMILES string of the molecule is COC(=O)c1nn(-c2ccccc2C)c(=O)cc1Cl. The van der Waals surface area contributed by atoms with Gasteiger partial charge in [0, 0.05) is 6.07 Å². The molecule has 0 aliphatic carbocycles. The summed E-state index contributed by atoms with van der Waals surface area (Å²) >= 11 is 5.83. The van der Waals surface area contributed by atoms with Gasteiger partial charge >= 0.3 is 5.97 Å². The van der Waals surface area contributed by atoms with Crippen LogP contribution in [0, 0.1) is 6.92 Å². The summed E-state index contributed by atoms with van der Waals surface area (Å²) in [5.74, 6) is -0.688. The normalized spacial score (nSPS) is 10.3. The number of carbonyl (C=O) groups is 1. The fourth-order valence-corrected chi connectivity index (χ4v) is 1.85. The van der Waals surface area contributed by atoms with Crippen LogP contribution in [0.15, 0.2) is 35.1 Å². The molecule has 2 aromatic rings. The monoisotopic (exact) mass is 278 g/mol. The van der Waals surface area contributed by atoms with Crippen LogP contribution < -0.4 is 5.56 Å². The lowest BCUT2D eigenvalue weighted by molar-refractivity contribution is 0.0592. The Hall–Kier alpha value is -2.14. The molecule has 1 heterocycles. The van der Waals surface area contributed by atoms with Crippen molar-refractivity contribution in [3.63, 3.8) is 0 Å². The minimum absolute atomic E-state index is 0.0262. The Balaban J connectivity index is 2.68. The van der Waals surface area contributed by atoms with Gasteiger partial charge in [0.1, 0.15) is 0 Å². The van der Waals surface area contributed by atoms with Crippen molar-refractivity contribution in [3.8, 4) is 5.69 Å². The predicted molar refractivity (Wildman–Crippen MR) is 70.9 cm³/mol. The van der Waals surface area contributed by atoms with Crippen molar-refractivity contribution in [1.82, 2.24) is 9.78 Å². The molecular weight excluding hydrogens is 268 g/mol. The molecule has 1 aromatic carbocycles. The van der Waals surface area contributed by atoms with Gasteiger partial charge in [-0.25, -0.2) is 4.79 Å². The number of ether oxygens (including phenoxy) is 1. The van der Waals surface area contributed by atoms with E-state index in [1.807, 2.05) is 19.1 Å². The first-order valence-corrected chi connectivity index (χ1v) is 5.86. The van der Waals surface area contributed by atoms with E-state index in [1.54, 1.807) is 12.1 Å². The third-order valence-electron chi connectivity index (χ3n) is 2.61. The van der Waals surface area contributed by atoms with Crippen molar-refractivity contribution in [2.24, 2.45) is 0 Å². The van der Waals surface area contributed by atoms with E-state index < -0.39 is 11.5 Å². The lowest BCUT2D eigenvalue weighted by Crippen LogP contribution is -2.24. The summed E-state index contributed by atoms with van der Waals surface area (Å²) in [7, 11) is 1.23. The average molecular weight is 279 g/mol. The molecule has 0 saturated heterocycles. The third-order valence-corrected chi connectivity index (χ3v) is 2.90. The fourth-order valence-electron chi connectivity index (χ4n) is 1.64. The zero-order valence-corrected chi connectivity index (χ0v) is 11.1. The Kier molecular flexibility index (Phi) is 3.66. The number of nitrogens with zero attached hydrogens (tertiary/aromatic N) is 2. The number of hydrogen-bond donors (Lipinski definition) is 0. The molecule has 0 saturated carbocycles. The van der Waals surface area contributed by atoms with E-state index in [9.17, 15) is 9.59 Å². The largest absolute Gasteiger partial charge is 0.464 e. The number of halogens is 1.